The summed E-state index contributed by atoms with van der Waals surface area (Å²) in [6.07, 6.45) is 5.28. The SMILES string of the molecule is CN=C(NCC1CCCCC1C)N1CCS(=O)(=O)C(C)(C)C1. The monoisotopic (exact) mass is 329 g/mol. The molecule has 2 fully saturated rings. The Balaban J connectivity index is 1.95. The molecule has 0 aromatic rings. The van der Waals surface area contributed by atoms with E-state index in [1.54, 1.807) is 7.05 Å². The van der Waals surface area contributed by atoms with Crippen LogP contribution in [0.4, 0.5) is 0 Å². The van der Waals surface area contributed by atoms with E-state index in [-0.39, 0.29) is 5.75 Å². The molecule has 2 unspecified atom stereocenters. The first-order chi connectivity index (χ1) is 10.3. The van der Waals surface area contributed by atoms with E-state index in [0.29, 0.717) is 19.0 Å². The number of nitrogens with one attached hydrogen (secondary N) is 1. The van der Waals surface area contributed by atoms with Crippen molar-refractivity contribution in [2.24, 2.45) is 16.8 Å². The molecular weight excluding hydrogens is 298 g/mol. The van der Waals surface area contributed by atoms with Gasteiger partial charge in [-0.05, 0) is 32.1 Å². The highest BCUT2D eigenvalue weighted by Gasteiger charge is 2.41. The number of sulfone groups is 1. The van der Waals surface area contributed by atoms with E-state index in [0.717, 1.165) is 18.4 Å². The maximum atomic E-state index is 12.1. The van der Waals surface area contributed by atoms with Crippen LogP contribution in [0.2, 0.25) is 0 Å². The molecule has 2 atom stereocenters. The Morgan fingerprint density at radius 3 is 2.59 bits per heavy atom. The van der Waals surface area contributed by atoms with Gasteiger partial charge in [-0.2, -0.15) is 0 Å². The lowest BCUT2D eigenvalue weighted by Gasteiger charge is -2.39. The van der Waals surface area contributed by atoms with Crippen LogP contribution in [0.3, 0.4) is 0 Å². The molecule has 6 heteroatoms. The predicted octanol–water partition coefficient (Wildman–Crippen LogP) is 1.90. The molecule has 22 heavy (non-hydrogen) atoms. The molecule has 0 amide bonds. The first-order valence-electron chi connectivity index (χ1n) is 8.45. The van der Waals surface area contributed by atoms with Gasteiger partial charge in [0.2, 0.25) is 0 Å². The third kappa shape index (κ3) is 3.76. The second-order valence-electron chi connectivity index (χ2n) is 7.45. The van der Waals surface area contributed by atoms with Gasteiger partial charge in [0, 0.05) is 26.7 Å². The van der Waals surface area contributed by atoms with Gasteiger partial charge in [0.15, 0.2) is 15.8 Å². The fourth-order valence-electron chi connectivity index (χ4n) is 3.58. The molecular formula is C16H31N3O2S. The molecule has 0 aromatic carbocycles. The third-order valence-electron chi connectivity index (χ3n) is 5.37. The highest BCUT2D eigenvalue weighted by Crippen LogP contribution is 2.29. The van der Waals surface area contributed by atoms with Gasteiger partial charge in [0.25, 0.3) is 0 Å². The number of hydrogen-bond acceptors (Lipinski definition) is 3. The van der Waals surface area contributed by atoms with Crippen molar-refractivity contribution >= 4 is 15.8 Å². The summed E-state index contributed by atoms with van der Waals surface area (Å²) in [6, 6.07) is 0. The Labute approximate surface area is 135 Å². The fraction of sp³-hybridized carbons (Fsp3) is 0.938. The van der Waals surface area contributed by atoms with Crippen LogP contribution >= 0.6 is 0 Å². The van der Waals surface area contributed by atoms with E-state index in [1.807, 2.05) is 13.8 Å². The van der Waals surface area contributed by atoms with E-state index in [1.165, 1.54) is 25.7 Å². The molecule has 1 saturated carbocycles. The number of rotatable bonds is 2. The van der Waals surface area contributed by atoms with Crippen molar-refractivity contribution in [1.82, 2.24) is 10.2 Å². The molecule has 1 aliphatic heterocycles. The maximum Gasteiger partial charge on any atom is 0.193 e. The van der Waals surface area contributed by atoms with E-state index in [2.05, 4.69) is 22.1 Å². The average Bonchev–Trinajstić information content (AvgIpc) is 2.45. The first kappa shape index (κ1) is 17.6. The Morgan fingerprint density at radius 1 is 1.32 bits per heavy atom. The lowest BCUT2D eigenvalue weighted by atomic mass is 9.80. The van der Waals surface area contributed by atoms with Gasteiger partial charge >= 0.3 is 0 Å². The molecule has 1 aliphatic carbocycles. The molecule has 0 spiro atoms. The smallest absolute Gasteiger partial charge is 0.193 e. The zero-order valence-electron chi connectivity index (χ0n) is 14.4. The fourth-order valence-corrected chi connectivity index (χ4v) is 4.94. The Morgan fingerprint density at radius 2 is 2.00 bits per heavy atom. The Kier molecular flexibility index (Phi) is 5.41. The summed E-state index contributed by atoms with van der Waals surface area (Å²) in [4.78, 5) is 6.46. The van der Waals surface area contributed by atoms with Crippen molar-refractivity contribution in [3.05, 3.63) is 0 Å². The van der Waals surface area contributed by atoms with E-state index in [4.69, 9.17) is 0 Å². The molecule has 0 radical (unpaired) electrons. The van der Waals surface area contributed by atoms with E-state index >= 15 is 0 Å². The predicted molar refractivity (Wildman–Crippen MR) is 91.9 cm³/mol. The molecule has 2 rings (SSSR count). The summed E-state index contributed by atoms with van der Waals surface area (Å²) in [5, 5.41) is 3.49. The number of aliphatic imine (C=N–C) groups is 1. The molecule has 0 aromatic heterocycles. The van der Waals surface area contributed by atoms with Crippen molar-refractivity contribution in [3.63, 3.8) is 0 Å². The van der Waals surface area contributed by atoms with Gasteiger partial charge in [-0.15, -0.1) is 0 Å². The number of guanidine groups is 1. The van der Waals surface area contributed by atoms with Crippen LogP contribution in [-0.4, -0.2) is 56.5 Å². The molecule has 1 N–H and O–H groups in total. The second-order valence-corrected chi connectivity index (χ2v) is 10.2. The van der Waals surface area contributed by atoms with Crippen molar-refractivity contribution < 1.29 is 8.42 Å². The third-order valence-corrected chi connectivity index (χ3v) is 7.90. The summed E-state index contributed by atoms with van der Waals surface area (Å²) in [7, 11) is -1.22. The minimum atomic E-state index is -3.00. The maximum absolute atomic E-state index is 12.1. The highest BCUT2D eigenvalue weighted by molar-refractivity contribution is 7.92. The van der Waals surface area contributed by atoms with E-state index < -0.39 is 14.6 Å². The second kappa shape index (κ2) is 6.77. The Hall–Kier alpha value is -0.780. The quantitative estimate of drug-likeness (QED) is 0.621. The largest absolute Gasteiger partial charge is 0.356 e. The highest BCUT2D eigenvalue weighted by atomic mass is 32.2. The summed E-state index contributed by atoms with van der Waals surface area (Å²) in [5.41, 5.74) is 0. The van der Waals surface area contributed by atoms with Gasteiger partial charge in [0.1, 0.15) is 0 Å². The lowest BCUT2D eigenvalue weighted by molar-refractivity contribution is 0.252. The summed E-state index contributed by atoms with van der Waals surface area (Å²) in [5.74, 6) is 2.52. The molecule has 0 bridgehead atoms. The Bertz CT molecular complexity index is 513. The van der Waals surface area contributed by atoms with Crippen LogP contribution in [0.1, 0.15) is 46.5 Å². The summed E-state index contributed by atoms with van der Waals surface area (Å²) < 4.78 is 23.5. The van der Waals surface area contributed by atoms with Gasteiger partial charge in [0.05, 0.1) is 10.5 Å². The normalized spacial score (nSPS) is 31.8. The van der Waals surface area contributed by atoms with Gasteiger partial charge in [-0.1, -0.05) is 26.2 Å². The lowest BCUT2D eigenvalue weighted by Crippen LogP contribution is -2.57. The standard InChI is InChI=1S/C16H31N3O2S/c1-13-7-5-6-8-14(13)11-18-15(17-4)19-9-10-22(20,21)16(2,3)12-19/h13-14H,5-12H2,1-4H3,(H,17,18). The van der Waals surface area contributed by atoms with Gasteiger partial charge in [-0.3, -0.25) is 4.99 Å². The summed E-state index contributed by atoms with van der Waals surface area (Å²) >= 11 is 0. The van der Waals surface area contributed by atoms with Crippen LogP contribution in [-0.2, 0) is 9.84 Å². The zero-order chi connectivity index (χ0) is 16.4. The molecule has 128 valence electrons. The number of hydrogen-bond donors (Lipinski definition) is 1. The van der Waals surface area contributed by atoms with Crippen molar-refractivity contribution in [1.29, 1.82) is 0 Å². The first-order valence-corrected chi connectivity index (χ1v) is 10.1. The molecule has 5 nitrogen and oxygen atoms in total. The minimum absolute atomic E-state index is 0.209. The van der Waals surface area contributed by atoms with Gasteiger partial charge in [-0.25, -0.2) is 8.42 Å². The van der Waals surface area contributed by atoms with Gasteiger partial charge < -0.3 is 10.2 Å². The number of nitrogens with zero attached hydrogens (tertiary/aromatic N) is 2. The minimum Gasteiger partial charge on any atom is -0.356 e. The van der Waals surface area contributed by atoms with Crippen LogP contribution < -0.4 is 5.32 Å². The summed E-state index contributed by atoms with van der Waals surface area (Å²) in [6.45, 7) is 7.94. The van der Waals surface area contributed by atoms with E-state index in [9.17, 15) is 8.42 Å². The van der Waals surface area contributed by atoms with Crippen molar-refractivity contribution in [2.45, 2.75) is 51.2 Å². The molecule has 1 saturated heterocycles. The molecule has 2 aliphatic rings. The van der Waals surface area contributed by atoms with Crippen molar-refractivity contribution in [2.75, 3.05) is 32.4 Å². The van der Waals surface area contributed by atoms with Crippen LogP contribution in [0.25, 0.3) is 0 Å². The van der Waals surface area contributed by atoms with Crippen LogP contribution in [0, 0.1) is 11.8 Å². The van der Waals surface area contributed by atoms with Crippen LogP contribution in [0.15, 0.2) is 4.99 Å². The topological polar surface area (TPSA) is 61.8 Å². The van der Waals surface area contributed by atoms with Crippen LogP contribution in [0.5, 0.6) is 0 Å². The molecule has 1 heterocycles. The van der Waals surface area contributed by atoms with Crippen molar-refractivity contribution in [3.8, 4) is 0 Å². The zero-order valence-corrected chi connectivity index (χ0v) is 15.2. The average molecular weight is 330 g/mol.